The number of aromatic amines is 1. The normalized spacial score (nSPS) is 13.0. The Morgan fingerprint density at radius 2 is 1.85 bits per heavy atom. The average Bonchev–Trinajstić information content (AvgIpc) is 3.18. The molecule has 3 aromatic heterocycles. The number of nitrogens with one attached hydrogen (secondary N) is 1. The molecule has 0 unspecified atom stereocenters. The molecule has 140 valence electrons. The summed E-state index contributed by atoms with van der Waals surface area (Å²) in [5.41, 5.74) is 4.74. The molecule has 0 aliphatic carbocycles. The van der Waals surface area contributed by atoms with Gasteiger partial charge in [-0.05, 0) is 42.3 Å². The van der Waals surface area contributed by atoms with Gasteiger partial charge in [0, 0.05) is 42.7 Å². The van der Waals surface area contributed by atoms with E-state index in [1.54, 1.807) is 0 Å². The lowest BCUT2D eigenvalue weighted by Gasteiger charge is -2.23. The zero-order valence-electron chi connectivity index (χ0n) is 16.5. The van der Waals surface area contributed by atoms with Gasteiger partial charge in [0.15, 0.2) is 0 Å². The topological polar surface area (TPSA) is 28.7 Å². The van der Waals surface area contributed by atoms with E-state index in [0.717, 1.165) is 27.9 Å². The summed E-state index contributed by atoms with van der Waals surface area (Å²) < 4.78 is 1.25. The van der Waals surface area contributed by atoms with Gasteiger partial charge in [0.1, 0.15) is 0 Å². The van der Waals surface area contributed by atoms with E-state index in [1.807, 2.05) is 29.7 Å². The third kappa shape index (κ3) is 3.51. The van der Waals surface area contributed by atoms with Crippen LogP contribution in [-0.4, -0.2) is 9.97 Å². The predicted octanol–water partition coefficient (Wildman–Crippen LogP) is 7.25. The fourth-order valence-corrected chi connectivity index (χ4v) is 4.98. The third-order valence-electron chi connectivity index (χ3n) is 5.15. The maximum absolute atomic E-state index is 6.38. The molecule has 0 saturated carbocycles. The van der Waals surface area contributed by atoms with Gasteiger partial charge in [0.05, 0.1) is 11.0 Å². The Morgan fingerprint density at radius 3 is 2.56 bits per heavy atom. The average molecular weight is 397 g/mol. The van der Waals surface area contributed by atoms with Gasteiger partial charge < -0.3 is 4.98 Å². The van der Waals surface area contributed by atoms with Gasteiger partial charge in [-0.3, -0.25) is 4.98 Å². The van der Waals surface area contributed by atoms with Gasteiger partial charge in [0.25, 0.3) is 0 Å². The Labute approximate surface area is 169 Å². The number of H-pyrrole nitrogens is 1. The molecule has 3 heterocycles. The second kappa shape index (κ2) is 6.35. The van der Waals surface area contributed by atoms with Crippen LogP contribution >= 0.6 is 22.9 Å². The van der Waals surface area contributed by atoms with Gasteiger partial charge in [-0.1, -0.05) is 52.3 Å². The minimum absolute atomic E-state index is 0.0157. The highest BCUT2D eigenvalue weighted by Gasteiger charge is 2.25. The van der Waals surface area contributed by atoms with Crippen LogP contribution in [0.4, 0.5) is 0 Å². The van der Waals surface area contributed by atoms with Crippen molar-refractivity contribution in [2.24, 2.45) is 0 Å². The Bertz CT molecular complexity index is 1130. The van der Waals surface area contributed by atoms with E-state index in [9.17, 15) is 0 Å². The number of pyridine rings is 1. The standard InChI is InChI=1S/C23H25ClN2S/c1-22(2,3)20-11-17-18(26-20)9-14(13-25-17)12-23(4,5)21-10-15-16(24)7-6-8-19(15)27-21/h6-11,13,26H,12H2,1-5H3. The van der Waals surface area contributed by atoms with Gasteiger partial charge in [-0.25, -0.2) is 0 Å². The second-order valence-electron chi connectivity index (χ2n) is 9.03. The van der Waals surface area contributed by atoms with Crippen molar-refractivity contribution in [3.8, 4) is 0 Å². The minimum atomic E-state index is 0.0157. The summed E-state index contributed by atoms with van der Waals surface area (Å²) in [6, 6.07) is 12.8. The number of benzene rings is 1. The van der Waals surface area contributed by atoms with Crippen molar-refractivity contribution in [2.75, 3.05) is 0 Å². The lowest BCUT2D eigenvalue weighted by Crippen LogP contribution is -2.19. The van der Waals surface area contributed by atoms with Crippen LogP contribution in [-0.2, 0) is 17.3 Å². The molecule has 0 atom stereocenters. The number of thiophene rings is 1. The molecule has 4 aromatic rings. The number of hydrogen-bond acceptors (Lipinski definition) is 2. The highest BCUT2D eigenvalue weighted by atomic mass is 35.5. The smallest absolute Gasteiger partial charge is 0.0882 e. The van der Waals surface area contributed by atoms with Crippen LogP contribution in [0.2, 0.25) is 5.02 Å². The number of nitrogens with zero attached hydrogens (tertiary/aromatic N) is 1. The molecule has 27 heavy (non-hydrogen) atoms. The van der Waals surface area contributed by atoms with Crippen LogP contribution in [0.1, 0.15) is 50.8 Å². The fourth-order valence-electron chi connectivity index (χ4n) is 3.51. The summed E-state index contributed by atoms with van der Waals surface area (Å²) >= 11 is 8.21. The van der Waals surface area contributed by atoms with E-state index in [4.69, 9.17) is 16.6 Å². The summed E-state index contributed by atoms with van der Waals surface area (Å²) in [4.78, 5) is 9.61. The first-order valence-corrected chi connectivity index (χ1v) is 10.5. The molecule has 0 aliphatic heterocycles. The first-order valence-electron chi connectivity index (χ1n) is 9.30. The quantitative estimate of drug-likeness (QED) is 0.388. The molecule has 0 radical (unpaired) electrons. The summed E-state index contributed by atoms with van der Waals surface area (Å²) in [5.74, 6) is 0. The van der Waals surface area contributed by atoms with Crippen molar-refractivity contribution in [3.63, 3.8) is 0 Å². The van der Waals surface area contributed by atoms with E-state index in [2.05, 4.69) is 63.9 Å². The molecular formula is C23H25ClN2S. The molecule has 0 fully saturated rings. The van der Waals surface area contributed by atoms with E-state index in [0.29, 0.717) is 0 Å². The van der Waals surface area contributed by atoms with Crippen molar-refractivity contribution < 1.29 is 0 Å². The molecule has 0 spiro atoms. The van der Waals surface area contributed by atoms with E-state index in [1.165, 1.54) is 20.8 Å². The number of hydrogen-bond donors (Lipinski definition) is 1. The second-order valence-corrected chi connectivity index (χ2v) is 10.5. The zero-order chi connectivity index (χ0) is 19.4. The maximum Gasteiger partial charge on any atom is 0.0882 e. The molecule has 0 amide bonds. The monoisotopic (exact) mass is 396 g/mol. The molecule has 2 nitrogen and oxygen atoms in total. The van der Waals surface area contributed by atoms with Crippen molar-refractivity contribution in [3.05, 3.63) is 63.8 Å². The molecule has 1 N–H and O–H groups in total. The Hall–Kier alpha value is -1.84. The van der Waals surface area contributed by atoms with E-state index >= 15 is 0 Å². The number of halogens is 1. The molecule has 0 aliphatic rings. The largest absolute Gasteiger partial charge is 0.357 e. The number of rotatable bonds is 3. The van der Waals surface area contributed by atoms with Crippen molar-refractivity contribution >= 4 is 44.1 Å². The summed E-state index contributed by atoms with van der Waals surface area (Å²) in [5, 5.41) is 1.98. The van der Waals surface area contributed by atoms with Crippen molar-refractivity contribution in [1.82, 2.24) is 9.97 Å². The first kappa shape index (κ1) is 18.5. The molecule has 0 saturated heterocycles. The fraction of sp³-hybridized carbons (Fsp3) is 0.348. The Morgan fingerprint density at radius 1 is 1.07 bits per heavy atom. The number of fused-ring (bicyclic) bond motifs is 2. The Balaban J connectivity index is 1.67. The molecule has 4 heteroatoms. The maximum atomic E-state index is 6.38. The Kier molecular flexibility index (Phi) is 4.36. The van der Waals surface area contributed by atoms with Crippen LogP contribution in [0.15, 0.2) is 42.6 Å². The highest BCUT2D eigenvalue weighted by Crippen LogP contribution is 2.39. The summed E-state index contributed by atoms with van der Waals surface area (Å²) in [7, 11) is 0. The van der Waals surface area contributed by atoms with Crippen LogP contribution in [0.3, 0.4) is 0 Å². The molecular weight excluding hydrogens is 372 g/mol. The SMILES string of the molecule is CC(C)(C)c1cc2ncc(CC(C)(C)c3cc4c(Cl)cccc4s3)cc2[nH]1. The van der Waals surface area contributed by atoms with E-state index < -0.39 is 0 Å². The van der Waals surface area contributed by atoms with Crippen LogP contribution in [0.5, 0.6) is 0 Å². The summed E-state index contributed by atoms with van der Waals surface area (Å²) in [6.07, 6.45) is 2.95. The van der Waals surface area contributed by atoms with E-state index in [-0.39, 0.29) is 10.8 Å². The van der Waals surface area contributed by atoms with Gasteiger partial charge in [0.2, 0.25) is 0 Å². The number of aromatic nitrogens is 2. The lowest BCUT2D eigenvalue weighted by molar-refractivity contribution is 0.533. The van der Waals surface area contributed by atoms with Crippen LogP contribution in [0, 0.1) is 0 Å². The van der Waals surface area contributed by atoms with Crippen LogP contribution < -0.4 is 0 Å². The molecule has 1 aromatic carbocycles. The van der Waals surface area contributed by atoms with Gasteiger partial charge in [-0.2, -0.15) is 0 Å². The first-order chi connectivity index (χ1) is 12.6. The molecule has 4 rings (SSSR count). The minimum Gasteiger partial charge on any atom is -0.357 e. The zero-order valence-corrected chi connectivity index (χ0v) is 18.1. The van der Waals surface area contributed by atoms with Gasteiger partial charge in [-0.15, -0.1) is 11.3 Å². The third-order valence-corrected chi connectivity index (χ3v) is 6.95. The predicted molar refractivity (Wildman–Crippen MR) is 118 cm³/mol. The van der Waals surface area contributed by atoms with Crippen molar-refractivity contribution in [2.45, 2.75) is 51.9 Å². The highest BCUT2D eigenvalue weighted by molar-refractivity contribution is 7.19. The lowest BCUT2D eigenvalue weighted by atomic mass is 9.84. The van der Waals surface area contributed by atoms with Crippen molar-refractivity contribution in [1.29, 1.82) is 0 Å². The summed E-state index contributed by atoms with van der Waals surface area (Å²) in [6.45, 7) is 11.2. The molecule has 0 bridgehead atoms. The van der Waals surface area contributed by atoms with Crippen LogP contribution in [0.25, 0.3) is 21.1 Å². The van der Waals surface area contributed by atoms with Gasteiger partial charge >= 0.3 is 0 Å².